The molecule has 0 N–H and O–H groups in total. The molecule has 0 aliphatic heterocycles. The summed E-state index contributed by atoms with van der Waals surface area (Å²) in [6.45, 7) is 2.24. The zero-order chi connectivity index (χ0) is 7.66. The maximum atomic E-state index is 5.12. The van der Waals surface area contributed by atoms with Crippen molar-refractivity contribution in [2.45, 2.75) is 51.9 Å². The van der Waals surface area contributed by atoms with Crippen molar-refractivity contribution in [2.75, 3.05) is 0 Å². The van der Waals surface area contributed by atoms with Gasteiger partial charge in [-0.15, -0.1) is 12.3 Å². The summed E-state index contributed by atoms with van der Waals surface area (Å²) in [7, 11) is 0. The molecule has 0 heteroatoms. The van der Waals surface area contributed by atoms with Gasteiger partial charge in [-0.3, -0.25) is 0 Å². The van der Waals surface area contributed by atoms with E-state index in [9.17, 15) is 0 Å². The molecule has 0 rings (SSSR count). The molecule has 0 fully saturated rings. The fourth-order valence-corrected chi connectivity index (χ4v) is 1.01. The van der Waals surface area contributed by atoms with E-state index in [4.69, 9.17) is 6.42 Å². The highest BCUT2D eigenvalue weighted by Crippen LogP contribution is 2.05. The van der Waals surface area contributed by atoms with E-state index in [-0.39, 0.29) is 0 Å². The second kappa shape index (κ2) is 8.56. The van der Waals surface area contributed by atoms with Crippen molar-refractivity contribution in [3.05, 3.63) is 0 Å². The fraction of sp³-hybridized carbons (Fsp3) is 0.800. The van der Waals surface area contributed by atoms with E-state index in [2.05, 4.69) is 12.8 Å². The average Bonchev–Trinajstić information content (AvgIpc) is 1.97. The van der Waals surface area contributed by atoms with E-state index in [1.807, 2.05) is 0 Å². The summed E-state index contributed by atoms with van der Waals surface area (Å²) in [4.78, 5) is 0. The Morgan fingerprint density at radius 1 is 1.00 bits per heavy atom. The molecule has 0 saturated carbocycles. The first-order valence-corrected chi connectivity index (χ1v) is 4.35. The van der Waals surface area contributed by atoms with Crippen molar-refractivity contribution < 1.29 is 0 Å². The van der Waals surface area contributed by atoms with E-state index in [1.165, 1.54) is 38.5 Å². The number of hydrogen-bond donors (Lipinski definition) is 0. The van der Waals surface area contributed by atoms with Crippen molar-refractivity contribution >= 4 is 0 Å². The molecule has 0 aromatic carbocycles. The molecule has 0 unspecified atom stereocenters. The van der Waals surface area contributed by atoms with Crippen LogP contribution in [0.3, 0.4) is 0 Å². The molecule has 0 atom stereocenters. The third kappa shape index (κ3) is 7.56. The second-order valence-corrected chi connectivity index (χ2v) is 2.72. The summed E-state index contributed by atoms with van der Waals surface area (Å²) >= 11 is 0. The maximum absolute atomic E-state index is 5.12. The number of terminal acetylenes is 1. The van der Waals surface area contributed by atoms with Gasteiger partial charge in [0.15, 0.2) is 0 Å². The molecule has 0 aromatic rings. The summed E-state index contributed by atoms with van der Waals surface area (Å²) in [6.07, 6.45) is 14.1. The molecule has 0 radical (unpaired) electrons. The molecule has 0 heterocycles. The standard InChI is InChI=1S/C10H18/c1-3-5-7-9-10-8-6-4-2/h1H,4-10H2,2H3/i1+1,3+1. The zero-order valence-corrected chi connectivity index (χ0v) is 7.03. The van der Waals surface area contributed by atoms with Crippen LogP contribution in [-0.4, -0.2) is 0 Å². The molecule has 0 saturated heterocycles. The lowest BCUT2D eigenvalue weighted by Crippen LogP contribution is -1.77. The molecule has 0 amide bonds. The van der Waals surface area contributed by atoms with Gasteiger partial charge in [0.1, 0.15) is 0 Å². The lowest BCUT2D eigenvalue weighted by atomic mass is 10.1. The Bertz CT molecular complexity index is 86.7. The minimum Gasteiger partial charge on any atom is -0.120 e. The SMILES string of the molecule is CCCCCCCC[13C]#[13CH]. The Hall–Kier alpha value is -0.440. The smallest absolute Gasteiger partial charge is 0.00860 e. The van der Waals surface area contributed by atoms with Crippen LogP contribution >= 0.6 is 0 Å². The van der Waals surface area contributed by atoms with Crippen LogP contribution in [-0.2, 0) is 0 Å². The number of hydrogen-bond acceptors (Lipinski definition) is 0. The van der Waals surface area contributed by atoms with Crippen molar-refractivity contribution in [3.63, 3.8) is 0 Å². The van der Waals surface area contributed by atoms with Gasteiger partial charge in [0.2, 0.25) is 0 Å². The summed E-state index contributed by atoms with van der Waals surface area (Å²) in [5, 5.41) is 0. The highest BCUT2D eigenvalue weighted by atomic mass is 14.1. The van der Waals surface area contributed by atoms with Crippen molar-refractivity contribution in [3.8, 4) is 12.3 Å². The topological polar surface area (TPSA) is 0 Å². The lowest BCUT2D eigenvalue weighted by Gasteiger charge is -1.95. The molecule has 0 bridgehead atoms. The molecule has 0 aromatic heterocycles. The molecule has 0 aliphatic rings. The summed E-state index contributed by atoms with van der Waals surface area (Å²) < 4.78 is 0. The normalized spacial score (nSPS) is 9.20. The Kier molecular flexibility index (Phi) is 8.18. The van der Waals surface area contributed by atoms with Crippen molar-refractivity contribution in [2.24, 2.45) is 0 Å². The first kappa shape index (κ1) is 9.56. The molecular weight excluding hydrogens is 122 g/mol. The van der Waals surface area contributed by atoms with Crippen LogP contribution in [0.1, 0.15) is 51.9 Å². The Balaban J connectivity index is 2.72. The van der Waals surface area contributed by atoms with Gasteiger partial charge < -0.3 is 0 Å². The van der Waals surface area contributed by atoms with Crippen LogP contribution in [0.2, 0.25) is 0 Å². The minimum atomic E-state index is 0.964. The van der Waals surface area contributed by atoms with Gasteiger partial charge in [0.05, 0.1) is 0 Å². The highest BCUT2D eigenvalue weighted by Gasteiger charge is 1.86. The van der Waals surface area contributed by atoms with Crippen LogP contribution in [0.4, 0.5) is 0 Å². The molecule has 0 aliphatic carbocycles. The van der Waals surface area contributed by atoms with Gasteiger partial charge in [0, 0.05) is 6.42 Å². The van der Waals surface area contributed by atoms with Crippen molar-refractivity contribution in [1.82, 2.24) is 0 Å². The monoisotopic (exact) mass is 140 g/mol. The first-order chi connectivity index (χ1) is 4.91. The quantitative estimate of drug-likeness (QED) is 0.301. The van der Waals surface area contributed by atoms with Gasteiger partial charge in [-0.05, 0) is 6.42 Å². The fourth-order valence-electron chi connectivity index (χ4n) is 1.01. The Morgan fingerprint density at radius 3 is 2.20 bits per heavy atom. The van der Waals surface area contributed by atoms with Crippen LogP contribution < -0.4 is 0 Å². The van der Waals surface area contributed by atoms with Gasteiger partial charge in [0.25, 0.3) is 0 Å². The molecule has 0 nitrogen and oxygen atoms in total. The van der Waals surface area contributed by atoms with E-state index in [0.29, 0.717) is 0 Å². The Labute approximate surface area is 65.0 Å². The molecule has 0 spiro atoms. The predicted molar refractivity (Wildman–Crippen MR) is 46.8 cm³/mol. The molecule has 10 heavy (non-hydrogen) atoms. The van der Waals surface area contributed by atoms with Crippen LogP contribution in [0, 0.1) is 12.3 Å². The number of rotatable bonds is 6. The number of unbranched alkanes of at least 4 members (excludes halogenated alkanes) is 6. The second-order valence-electron chi connectivity index (χ2n) is 2.72. The maximum Gasteiger partial charge on any atom is 0.00860 e. The van der Waals surface area contributed by atoms with Gasteiger partial charge in [-0.2, -0.15) is 0 Å². The van der Waals surface area contributed by atoms with E-state index < -0.39 is 0 Å². The van der Waals surface area contributed by atoms with E-state index in [1.54, 1.807) is 0 Å². The van der Waals surface area contributed by atoms with Gasteiger partial charge in [-0.1, -0.05) is 39.0 Å². The van der Waals surface area contributed by atoms with E-state index >= 15 is 0 Å². The molecular formula is C10H18. The summed E-state index contributed by atoms with van der Waals surface area (Å²) in [6, 6.07) is 0. The largest absolute Gasteiger partial charge is 0.120 e. The third-order valence-electron chi connectivity index (χ3n) is 1.67. The third-order valence-corrected chi connectivity index (χ3v) is 1.67. The zero-order valence-electron chi connectivity index (χ0n) is 7.03. The Morgan fingerprint density at radius 2 is 1.60 bits per heavy atom. The highest BCUT2D eigenvalue weighted by molar-refractivity contribution is 4.82. The lowest BCUT2D eigenvalue weighted by molar-refractivity contribution is 0.614. The van der Waals surface area contributed by atoms with E-state index in [0.717, 1.165) is 6.42 Å². The minimum absolute atomic E-state index is 0.964. The van der Waals surface area contributed by atoms with Crippen LogP contribution in [0.5, 0.6) is 0 Å². The van der Waals surface area contributed by atoms with Crippen molar-refractivity contribution in [1.29, 1.82) is 0 Å². The summed E-state index contributed by atoms with van der Waals surface area (Å²) in [5.41, 5.74) is 0. The molecule has 58 valence electrons. The van der Waals surface area contributed by atoms with Gasteiger partial charge >= 0.3 is 0 Å². The predicted octanol–water partition coefficient (Wildman–Crippen LogP) is 3.37. The van der Waals surface area contributed by atoms with Crippen LogP contribution in [0.25, 0.3) is 0 Å². The van der Waals surface area contributed by atoms with Gasteiger partial charge in [-0.25, -0.2) is 0 Å². The van der Waals surface area contributed by atoms with Crippen LogP contribution in [0.15, 0.2) is 0 Å². The first-order valence-electron chi connectivity index (χ1n) is 4.35. The average molecular weight is 140 g/mol. The summed E-state index contributed by atoms with van der Waals surface area (Å²) in [5.74, 6) is 2.66.